The molecular weight excluding hydrogens is 307 g/mol. The van der Waals surface area contributed by atoms with E-state index in [1.807, 2.05) is 0 Å². The first-order valence-electron chi connectivity index (χ1n) is 5.72. The van der Waals surface area contributed by atoms with Crippen LogP contribution in [0, 0.1) is 11.6 Å². The maximum absolute atomic E-state index is 13.5. The van der Waals surface area contributed by atoms with Crippen LogP contribution in [0.2, 0.25) is 0 Å². The lowest BCUT2D eigenvalue weighted by molar-refractivity contribution is 0.239. The molecule has 1 aliphatic rings. The topological polar surface area (TPSA) is 3.24 Å². The first-order valence-corrected chi connectivity index (χ1v) is 6.52. The standard InChI is InChI=1S/C13H13BrF3N/c14-11-6-12(16)10(5-13(11)17)4-9-7-18(8-9)3-1-2-15/h4-6H,1-3,7-8H2. The Labute approximate surface area is 112 Å². The van der Waals surface area contributed by atoms with Gasteiger partial charge in [0.15, 0.2) is 0 Å². The van der Waals surface area contributed by atoms with Gasteiger partial charge >= 0.3 is 0 Å². The molecule has 2 rings (SSSR count). The quantitative estimate of drug-likeness (QED) is 0.763. The van der Waals surface area contributed by atoms with Gasteiger partial charge in [-0.1, -0.05) is 6.08 Å². The van der Waals surface area contributed by atoms with E-state index in [0.29, 0.717) is 26.1 Å². The zero-order chi connectivity index (χ0) is 13.1. The highest BCUT2D eigenvalue weighted by molar-refractivity contribution is 9.10. The van der Waals surface area contributed by atoms with Crippen molar-refractivity contribution in [2.24, 2.45) is 0 Å². The number of hydrogen-bond acceptors (Lipinski definition) is 1. The Kier molecular flexibility index (Phi) is 4.45. The Morgan fingerprint density at radius 3 is 2.61 bits per heavy atom. The van der Waals surface area contributed by atoms with Crippen LogP contribution in [0.3, 0.4) is 0 Å². The molecule has 1 aromatic rings. The summed E-state index contributed by atoms with van der Waals surface area (Å²) in [5.74, 6) is -0.921. The number of hydrogen-bond donors (Lipinski definition) is 0. The lowest BCUT2D eigenvalue weighted by atomic mass is 10.0. The maximum atomic E-state index is 13.5. The number of alkyl halides is 1. The summed E-state index contributed by atoms with van der Waals surface area (Å²) in [6, 6.07) is 2.30. The lowest BCUT2D eigenvalue weighted by Crippen LogP contribution is -2.40. The molecule has 98 valence electrons. The van der Waals surface area contributed by atoms with E-state index in [4.69, 9.17) is 0 Å². The van der Waals surface area contributed by atoms with E-state index in [9.17, 15) is 13.2 Å². The summed E-state index contributed by atoms with van der Waals surface area (Å²) in [5, 5.41) is 0. The molecule has 0 saturated carbocycles. The van der Waals surface area contributed by atoms with E-state index < -0.39 is 11.6 Å². The third-order valence-electron chi connectivity index (χ3n) is 2.86. The Hall–Kier alpha value is -0.810. The number of nitrogens with zero attached hydrogens (tertiary/aromatic N) is 1. The van der Waals surface area contributed by atoms with E-state index in [1.54, 1.807) is 6.08 Å². The fourth-order valence-electron chi connectivity index (χ4n) is 1.93. The van der Waals surface area contributed by atoms with Crippen LogP contribution in [0.4, 0.5) is 13.2 Å². The molecule has 0 radical (unpaired) electrons. The van der Waals surface area contributed by atoms with Gasteiger partial charge in [0.25, 0.3) is 0 Å². The van der Waals surface area contributed by atoms with Crippen LogP contribution in [0.1, 0.15) is 12.0 Å². The number of benzene rings is 1. The van der Waals surface area contributed by atoms with Crippen molar-refractivity contribution < 1.29 is 13.2 Å². The third-order valence-corrected chi connectivity index (χ3v) is 3.47. The Balaban J connectivity index is 2.01. The lowest BCUT2D eigenvalue weighted by Gasteiger charge is -2.33. The number of halogens is 4. The van der Waals surface area contributed by atoms with Crippen LogP contribution >= 0.6 is 15.9 Å². The van der Waals surface area contributed by atoms with Crippen LogP contribution in [0.5, 0.6) is 0 Å². The van der Waals surface area contributed by atoms with Crippen molar-refractivity contribution >= 4 is 22.0 Å². The summed E-state index contributed by atoms with van der Waals surface area (Å²) < 4.78 is 38.9. The second kappa shape index (κ2) is 5.89. The van der Waals surface area contributed by atoms with Crippen LogP contribution < -0.4 is 0 Å². The summed E-state index contributed by atoms with van der Waals surface area (Å²) in [5.41, 5.74) is 1.30. The molecule has 5 heteroatoms. The molecule has 1 aromatic carbocycles. The largest absolute Gasteiger partial charge is 0.295 e. The van der Waals surface area contributed by atoms with Crippen molar-refractivity contribution in [3.8, 4) is 0 Å². The average Bonchev–Trinajstić information content (AvgIpc) is 2.28. The van der Waals surface area contributed by atoms with Crippen LogP contribution in [0.25, 0.3) is 6.08 Å². The Morgan fingerprint density at radius 2 is 1.94 bits per heavy atom. The molecule has 1 fully saturated rings. The smallest absolute Gasteiger partial charge is 0.138 e. The zero-order valence-corrected chi connectivity index (χ0v) is 11.3. The highest BCUT2D eigenvalue weighted by Gasteiger charge is 2.19. The minimum absolute atomic E-state index is 0.125. The second-order valence-corrected chi connectivity index (χ2v) is 5.20. The van der Waals surface area contributed by atoms with Crippen molar-refractivity contribution in [3.63, 3.8) is 0 Å². The highest BCUT2D eigenvalue weighted by Crippen LogP contribution is 2.24. The van der Waals surface area contributed by atoms with E-state index in [0.717, 1.165) is 11.6 Å². The molecule has 0 N–H and O–H groups in total. The molecule has 1 heterocycles. The predicted molar refractivity (Wildman–Crippen MR) is 69.1 cm³/mol. The summed E-state index contributed by atoms with van der Waals surface area (Å²) in [6.07, 6.45) is 2.19. The normalized spacial score (nSPS) is 15.7. The summed E-state index contributed by atoms with van der Waals surface area (Å²) in [4.78, 5) is 2.07. The van der Waals surface area contributed by atoms with Gasteiger partial charge in [-0.05, 0) is 40.1 Å². The SMILES string of the molecule is FCCCN1CC(=Cc2cc(F)c(Br)cc2F)C1. The van der Waals surface area contributed by atoms with Gasteiger partial charge in [-0.15, -0.1) is 0 Å². The van der Waals surface area contributed by atoms with Gasteiger partial charge in [0.2, 0.25) is 0 Å². The maximum Gasteiger partial charge on any atom is 0.138 e. The van der Waals surface area contributed by atoms with Crippen molar-refractivity contribution in [1.29, 1.82) is 0 Å². The van der Waals surface area contributed by atoms with Gasteiger partial charge in [-0.2, -0.15) is 0 Å². The van der Waals surface area contributed by atoms with E-state index in [-0.39, 0.29) is 16.7 Å². The van der Waals surface area contributed by atoms with Crippen LogP contribution in [-0.4, -0.2) is 31.2 Å². The van der Waals surface area contributed by atoms with Gasteiger partial charge < -0.3 is 0 Å². The molecule has 0 atom stereocenters. The number of likely N-dealkylation sites (tertiary alicyclic amines) is 1. The first-order chi connectivity index (χ1) is 8.60. The minimum atomic E-state index is -0.475. The van der Waals surface area contributed by atoms with E-state index in [1.165, 1.54) is 6.07 Å². The molecule has 0 aromatic heterocycles. The fraction of sp³-hybridized carbons (Fsp3) is 0.385. The van der Waals surface area contributed by atoms with Crippen molar-refractivity contribution in [1.82, 2.24) is 4.90 Å². The van der Waals surface area contributed by atoms with Gasteiger partial charge in [0.05, 0.1) is 11.1 Å². The molecule has 1 nitrogen and oxygen atoms in total. The monoisotopic (exact) mass is 319 g/mol. The average molecular weight is 320 g/mol. The first kappa shape index (κ1) is 13.6. The molecule has 0 bridgehead atoms. The fourth-order valence-corrected chi connectivity index (χ4v) is 2.24. The van der Waals surface area contributed by atoms with Crippen molar-refractivity contribution in [2.45, 2.75) is 6.42 Å². The summed E-state index contributed by atoms with van der Waals surface area (Å²) in [7, 11) is 0. The molecule has 1 aliphatic heterocycles. The van der Waals surface area contributed by atoms with E-state index in [2.05, 4.69) is 20.8 Å². The molecular formula is C13H13BrF3N. The van der Waals surface area contributed by atoms with Gasteiger partial charge in [0, 0.05) is 25.2 Å². The molecule has 0 amide bonds. The zero-order valence-electron chi connectivity index (χ0n) is 9.73. The highest BCUT2D eigenvalue weighted by atomic mass is 79.9. The van der Waals surface area contributed by atoms with Gasteiger partial charge in [-0.25, -0.2) is 8.78 Å². The van der Waals surface area contributed by atoms with Gasteiger partial charge in [-0.3, -0.25) is 9.29 Å². The van der Waals surface area contributed by atoms with Gasteiger partial charge in [0.1, 0.15) is 11.6 Å². The van der Waals surface area contributed by atoms with Crippen LogP contribution in [0.15, 0.2) is 22.2 Å². The molecule has 1 saturated heterocycles. The molecule has 0 aliphatic carbocycles. The Morgan fingerprint density at radius 1 is 1.22 bits per heavy atom. The Bertz CT molecular complexity index is 466. The number of rotatable bonds is 4. The predicted octanol–water partition coefficient (Wildman–Crippen LogP) is 3.79. The van der Waals surface area contributed by atoms with Crippen LogP contribution in [-0.2, 0) is 0 Å². The second-order valence-electron chi connectivity index (χ2n) is 4.34. The minimum Gasteiger partial charge on any atom is -0.295 e. The molecule has 18 heavy (non-hydrogen) atoms. The molecule has 0 spiro atoms. The summed E-state index contributed by atoms with van der Waals surface area (Å²) in [6.45, 7) is 1.81. The summed E-state index contributed by atoms with van der Waals surface area (Å²) >= 11 is 2.94. The van der Waals surface area contributed by atoms with Crippen molar-refractivity contribution in [2.75, 3.05) is 26.3 Å². The van der Waals surface area contributed by atoms with Crippen molar-refractivity contribution in [3.05, 3.63) is 39.4 Å². The van der Waals surface area contributed by atoms with E-state index >= 15 is 0 Å². The third kappa shape index (κ3) is 3.14. The molecule has 0 unspecified atom stereocenters.